The van der Waals surface area contributed by atoms with Crippen LogP contribution in [-0.4, -0.2) is 52.8 Å². The number of aliphatic hydroxyl groups is 1. The van der Waals surface area contributed by atoms with Crippen molar-refractivity contribution in [2.75, 3.05) is 19.8 Å². The van der Waals surface area contributed by atoms with Crippen molar-refractivity contribution in [2.45, 2.75) is 38.8 Å². The number of hydrogen-bond donors (Lipinski definition) is 2. The topological polar surface area (TPSA) is 82.6 Å². The number of aliphatic hydroxyl groups excluding tert-OH is 1. The highest BCUT2D eigenvalue weighted by Gasteiger charge is 2.43. The lowest BCUT2D eigenvalue weighted by molar-refractivity contribution is -0.0449. The normalized spacial score (nSPS) is 27.8. The highest BCUT2D eigenvalue weighted by Crippen LogP contribution is 2.34. The van der Waals surface area contributed by atoms with Crippen LogP contribution in [0, 0.1) is 19.8 Å². The summed E-state index contributed by atoms with van der Waals surface area (Å²) in [6.07, 6.45) is 1.48. The third-order valence-corrected chi connectivity index (χ3v) is 4.73. The molecule has 1 aliphatic carbocycles. The molecule has 0 spiro atoms. The van der Waals surface area contributed by atoms with Crippen molar-refractivity contribution in [2.24, 2.45) is 5.92 Å². The first-order chi connectivity index (χ1) is 10.5. The van der Waals surface area contributed by atoms with Gasteiger partial charge in [0.15, 0.2) is 0 Å². The summed E-state index contributed by atoms with van der Waals surface area (Å²) in [5.41, 5.74) is 1.34. The smallest absolute Gasteiger partial charge is 0.261 e. The number of amides is 1. The Morgan fingerprint density at radius 2 is 2.23 bits per heavy atom. The van der Waals surface area contributed by atoms with E-state index in [1.165, 1.54) is 0 Å². The molecule has 1 saturated heterocycles. The highest BCUT2D eigenvalue weighted by atomic mass is 16.5. The summed E-state index contributed by atoms with van der Waals surface area (Å²) in [5.74, 6) is -0.0589. The molecule has 22 heavy (non-hydrogen) atoms. The fraction of sp³-hybridized carbons (Fsp3) is 0.625. The quantitative estimate of drug-likeness (QED) is 0.838. The predicted octanol–water partition coefficient (Wildman–Crippen LogP) is 0.604. The van der Waals surface area contributed by atoms with Crippen molar-refractivity contribution in [1.82, 2.24) is 9.88 Å². The maximum atomic E-state index is 12.9. The second kappa shape index (κ2) is 5.85. The van der Waals surface area contributed by atoms with E-state index < -0.39 is 0 Å². The minimum absolute atomic E-state index is 0.0281. The Hall–Kier alpha value is -1.66. The second-order valence-corrected chi connectivity index (χ2v) is 6.33. The average Bonchev–Trinajstić information content (AvgIpc) is 2.88. The monoisotopic (exact) mass is 306 g/mol. The zero-order chi connectivity index (χ0) is 15.9. The Morgan fingerprint density at radius 1 is 1.45 bits per heavy atom. The number of morpholine rings is 1. The summed E-state index contributed by atoms with van der Waals surface area (Å²) in [7, 11) is 0. The molecule has 0 unspecified atom stereocenters. The fourth-order valence-electron chi connectivity index (χ4n) is 3.71. The molecule has 0 aromatic carbocycles. The van der Waals surface area contributed by atoms with Crippen LogP contribution in [0.4, 0.5) is 0 Å². The van der Waals surface area contributed by atoms with Gasteiger partial charge in [-0.1, -0.05) is 0 Å². The second-order valence-electron chi connectivity index (χ2n) is 6.33. The third-order valence-electron chi connectivity index (χ3n) is 4.73. The van der Waals surface area contributed by atoms with E-state index in [1.54, 1.807) is 18.7 Å². The van der Waals surface area contributed by atoms with Gasteiger partial charge in [0.05, 0.1) is 18.8 Å². The van der Waals surface area contributed by atoms with Crippen LogP contribution in [0.2, 0.25) is 0 Å². The molecule has 2 fully saturated rings. The number of fused-ring (bicyclic) bond motifs is 1. The van der Waals surface area contributed by atoms with Crippen molar-refractivity contribution in [3.63, 3.8) is 0 Å². The number of carbonyl (C=O) groups excluding carboxylic acids is 1. The van der Waals surface area contributed by atoms with Crippen LogP contribution in [0.25, 0.3) is 0 Å². The lowest BCUT2D eigenvalue weighted by Crippen LogP contribution is -2.52. The Labute approximate surface area is 129 Å². The molecule has 2 aliphatic rings. The molecule has 1 aromatic heterocycles. The molecule has 6 heteroatoms. The summed E-state index contributed by atoms with van der Waals surface area (Å²) in [6.45, 7) is 4.68. The predicted molar refractivity (Wildman–Crippen MR) is 80.9 cm³/mol. The summed E-state index contributed by atoms with van der Waals surface area (Å²) in [6, 6.07) is 1.77. The number of nitrogens with zero attached hydrogens (tertiary/aromatic N) is 1. The Balaban J connectivity index is 1.90. The molecule has 2 N–H and O–H groups in total. The number of ether oxygens (including phenoxy) is 1. The van der Waals surface area contributed by atoms with E-state index in [2.05, 4.69) is 4.98 Å². The van der Waals surface area contributed by atoms with Crippen LogP contribution in [0.3, 0.4) is 0 Å². The Kier molecular flexibility index (Phi) is 4.06. The molecule has 1 amide bonds. The van der Waals surface area contributed by atoms with Gasteiger partial charge >= 0.3 is 0 Å². The number of hydrogen-bond acceptors (Lipinski definition) is 4. The number of aromatic amines is 1. The first kappa shape index (κ1) is 15.2. The number of nitrogens with one attached hydrogen (secondary N) is 1. The lowest BCUT2D eigenvalue weighted by atomic mass is 10.0. The molecule has 0 bridgehead atoms. The average molecular weight is 306 g/mol. The molecule has 6 nitrogen and oxygen atoms in total. The Bertz CT molecular complexity index is 640. The van der Waals surface area contributed by atoms with E-state index in [0.29, 0.717) is 18.7 Å². The van der Waals surface area contributed by atoms with Crippen LogP contribution in [0.5, 0.6) is 0 Å². The summed E-state index contributed by atoms with van der Waals surface area (Å²) in [4.78, 5) is 29.5. The van der Waals surface area contributed by atoms with Gasteiger partial charge in [-0.05, 0) is 44.2 Å². The molecular formula is C16H22N2O4. The van der Waals surface area contributed by atoms with Gasteiger partial charge in [-0.3, -0.25) is 9.59 Å². The maximum Gasteiger partial charge on any atom is 0.261 e. The van der Waals surface area contributed by atoms with Crippen molar-refractivity contribution in [3.05, 3.63) is 33.2 Å². The van der Waals surface area contributed by atoms with Gasteiger partial charge < -0.3 is 19.7 Å². The number of rotatable bonds is 2. The molecule has 3 rings (SSSR count). The number of H-pyrrole nitrogens is 1. The third kappa shape index (κ3) is 2.57. The first-order valence-electron chi connectivity index (χ1n) is 7.75. The van der Waals surface area contributed by atoms with E-state index in [0.717, 1.165) is 18.5 Å². The van der Waals surface area contributed by atoms with Gasteiger partial charge in [0.2, 0.25) is 0 Å². The van der Waals surface area contributed by atoms with Crippen LogP contribution < -0.4 is 5.56 Å². The van der Waals surface area contributed by atoms with E-state index >= 15 is 0 Å². The summed E-state index contributed by atoms with van der Waals surface area (Å²) in [5, 5.41) is 9.36. The first-order valence-corrected chi connectivity index (χ1v) is 7.75. The van der Waals surface area contributed by atoms with Crippen molar-refractivity contribution in [3.8, 4) is 0 Å². The van der Waals surface area contributed by atoms with Crippen molar-refractivity contribution < 1.29 is 14.6 Å². The largest absolute Gasteiger partial charge is 0.396 e. The number of aromatic nitrogens is 1. The lowest BCUT2D eigenvalue weighted by Gasteiger charge is -2.37. The maximum absolute atomic E-state index is 12.9. The van der Waals surface area contributed by atoms with E-state index in [9.17, 15) is 14.7 Å². The van der Waals surface area contributed by atoms with Gasteiger partial charge in [-0.15, -0.1) is 0 Å². The van der Waals surface area contributed by atoms with Crippen LogP contribution in [0.15, 0.2) is 10.9 Å². The van der Waals surface area contributed by atoms with Crippen molar-refractivity contribution in [1.29, 1.82) is 0 Å². The van der Waals surface area contributed by atoms with E-state index in [-0.39, 0.29) is 41.7 Å². The van der Waals surface area contributed by atoms with Gasteiger partial charge in [0.25, 0.3) is 11.5 Å². The molecule has 1 aromatic rings. The molecule has 3 atom stereocenters. The zero-order valence-electron chi connectivity index (χ0n) is 13.0. The molecular weight excluding hydrogens is 284 g/mol. The zero-order valence-corrected chi connectivity index (χ0v) is 13.0. The SMILES string of the molecule is Cc1cc(C)c(C(=O)N2CCO[C@H]3C[C@H](CO)C[C@@H]32)c(=O)[nH]1. The minimum atomic E-state index is -0.331. The minimum Gasteiger partial charge on any atom is -0.396 e. The van der Waals surface area contributed by atoms with Gasteiger partial charge in [-0.25, -0.2) is 0 Å². The number of aryl methyl sites for hydroxylation is 2. The molecule has 1 aliphatic heterocycles. The summed E-state index contributed by atoms with van der Waals surface area (Å²) >= 11 is 0. The standard InChI is InChI=1S/C16H22N2O4/c1-9-5-10(2)17-15(20)14(9)16(21)18-3-4-22-13-7-11(8-19)6-12(13)18/h5,11-13,19H,3-4,6-8H2,1-2H3,(H,17,20)/t11-,12+,13+/m1/s1. The Morgan fingerprint density at radius 3 is 2.91 bits per heavy atom. The fourth-order valence-corrected chi connectivity index (χ4v) is 3.71. The number of carbonyl (C=O) groups is 1. The van der Waals surface area contributed by atoms with E-state index in [4.69, 9.17) is 4.74 Å². The molecule has 2 heterocycles. The van der Waals surface area contributed by atoms with Gasteiger partial charge in [0, 0.05) is 18.8 Å². The molecule has 120 valence electrons. The molecule has 0 radical (unpaired) electrons. The van der Waals surface area contributed by atoms with Crippen LogP contribution in [-0.2, 0) is 4.74 Å². The van der Waals surface area contributed by atoms with Crippen LogP contribution in [0.1, 0.15) is 34.5 Å². The van der Waals surface area contributed by atoms with Gasteiger partial charge in [0.1, 0.15) is 5.56 Å². The number of pyridine rings is 1. The summed E-state index contributed by atoms with van der Waals surface area (Å²) < 4.78 is 5.74. The highest BCUT2D eigenvalue weighted by molar-refractivity contribution is 5.95. The van der Waals surface area contributed by atoms with E-state index in [1.807, 2.05) is 6.07 Å². The van der Waals surface area contributed by atoms with Crippen LogP contribution >= 0.6 is 0 Å². The molecule has 1 saturated carbocycles. The van der Waals surface area contributed by atoms with Crippen molar-refractivity contribution >= 4 is 5.91 Å². The van der Waals surface area contributed by atoms with Gasteiger partial charge in [-0.2, -0.15) is 0 Å².